The van der Waals surface area contributed by atoms with Gasteiger partial charge in [0.05, 0.1) is 49.0 Å². The number of nitrogens with one attached hydrogen (secondary N) is 1. The van der Waals surface area contributed by atoms with Crippen molar-refractivity contribution in [3.63, 3.8) is 0 Å². The molecule has 1 saturated heterocycles. The highest BCUT2D eigenvalue weighted by Gasteiger charge is 2.25. The molecule has 0 radical (unpaired) electrons. The van der Waals surface area contributed by atoms with E-state index in [0.29, 0.717) is 72.4 Å². The summed E-state index contributed by atoms with van der Waals surface area (Å²) in [5, 5.41) is 19.3. The molecule has 5 rings (SSSR count). The van der Waals surface area contributed by atoms with Crippen LogP contribution in [0.25, 0.3) is 17.1 Å². The number of carbonyl (C=O) groups is 1. The van der Waals surface area contributed by atoms with Crippen LogP contribution < -0.4 is 15.0 Å². The number of hydrogen-bond acceptors (Lipinski definition) is 11. The van der Waals surface area contributed by atoms with Gasteiger partial charge in [-0.1, -0.05) is 0 Å². The van der Waals surface area contributed by atoms with Gasteiger partial charge in [-0.05, 0) is 6.07 Å². The number of anilines is 3. The third kappa shape index (κ3) is 4.46. The molecule has 1 aromatic carbocycles. The predicted octanol–water partition coefficient (Wildman–Crippen LogP) is 3.23. The van der Waals surface area contributed by atoms with Gasteiger partial charge in [0, 0.05) is 49.2 Å². The van der Waals surface area contributed by atoms with E-state index in [1.807, 2.05) is 4.90 Å². The Kier molecular flexibility index (Phi) is 6.28. The van der Waals surface area contributed by atoms with E-state index in [1.165, 1.54) is 36.6 Å². The standard InChI is InChI=1S/C23H21N7O6/c1-34-20-11-18(28-5-8-35-9-6-28)19(30(32)33)10-17(20)25-23-24-4-2-21(26-23)29-12-16(13-31)22(27-29)15-3-7-36-14-15/h2-4,7,10-14H,5-6,8-9H2,1H3,(H,24,25,26). The Morgan fingerprint density at radius 2 is 2.08 bits per heavy atom. The number of morpholine rings is 1. The van der Waals surface area contributed by atoms with Crippen molar-refractivity contribution in [1.29, 1.82) is 0 Å². The van der Waals surface area contributed by atoms with Crippen LogP contribution in [0.2, 0.25) is 0 Å². The maximum atomic E-state index is 11.9. The largest absolute Gasteiger partial charge is 0.494 e. The second kappa shape index (κ2) is 9.84. The number of nitro groups is 1. The summed E-state index contributed by atoms with van der Waals surface area (Å²) in [6, 6.07) is 6.34. The molecule has 3 aromatic heterocycles. The van der Waals surface area contributed by atoms with E-state index in [4.69, 9.17) is 13.9 Å². The normalized spacial score (nSPS) is 13.4. The smallest absolute Gasteiger partial charge is 0.294 e. The number of nitro benzene ring substituents is 1. The SMILES string of the molecule is COc1cc(N2CCOCC2)c([N+](=O)[O-])cc1Nc1nccc(-n2cc(C=O)c(-c3ccoc3)n2)n1. The summed E-state index contributed by atoms with van der Waals surface area (Å²) in [6.07, 6.45) is 6.74. The Morgan fingerprint density at radius 3 is 2.78 bits per heavy atom. The number of benzene rings is 1. The molecule has 0 atom stereocenters. The Balaban J connectivity index is 1.48. The van der Waals surface area contributed by atoms with Crippen LogP contribution in [0.4, 0.5) is 23.0 Å². The lowest BCUT2D eigenvalue weighted by Crippen LogP contribution is -2.36. The first-order valence-electron chi connectivity index (χ1n) is 10.9. The second-order valence-electron chi connectivity index (χ2n) is 7.77. The number of methoxy groups -OCH3 is 1. The molecular formula is C23H21N7O6. The lowest BCUT2D eigenvalue weighted by molar-refractivity contribution is -0.384. The zero-order chi connectivity index (χ0) is 25.1. The zero-order valence-electron chi connectivity index (χ0n) is 19.2. The molecule has 0 saturated carbocycles. The fourth-order valence-electron chi connectivity index (χ4n) is 3.90. The van der Waals surface area contributed by atoms with Crippen LogP contribution in [-0.4, -0.2) is 64.4 Å². The minimum Gasteiger partial charge on any atom is -0.494 e. The van der Waals surface area contributed by atoms with Gasteiger partial charge in [-0.3, -0.25) is 14.9 Å². The minimum absolute atomic E-state index is 0.0798. The maximum Gasteiger partial charge on any atom is 0.294 e. The number of aromatic nitrogens is 4. The number of rotatable bonds is 8. The number of furan rings is 1. The number of nitrogens with zero attached hydrogens (tertiary/aromatic N) is 6. The van der Waals surface area contributed by atoms with Crippen LogP contribution in [0, 0.1) is 10.1 Å². The molecule has 13 nitrogen and oxygen atoms in total. The molecular weight excluding hydrogens is 470 g/mol. The number of carbonyl (C=O) groups excluding carboxylic acids is 1. The summed E-state index contributed by atoms with van der Waals surface area (Å²) in [5.41, 5.74) is 2.16. The Morgan fingerprint density at radius 1 is 1.25 bits per heavy atom. The van der Waals surface area contributed by atoms with Gasteiger partial charge < -0.3 is 24.1 Å². The molecule has 1 aliphatic heterocycles. The number of aldehydes is 1. The molecule has 0 spiro atoms. The third-order valence-corrected chi connectivity index (χ3v) is 5.63. The van der Waals surface area contributed by atoms with Crippen molar-refractivity contribution in [2.45, 2.75) is 0 Å². The average molecular weight is 491 g/mol. The molecule has 36 heavy (non-hydrogen) atoms. The first kappa shape index (κ1) is 23.0. The highest BCUT2D eigenvalue weighted by molar-refractivity contribution is 5.85. The van der Waals surface area contributed by atoms with E-state index < -0.39 is 4.92 Å². The van der Waals surface area contributed by atoms with E-state index in [2.05, 4.69) is 20.4 Å². The van der Waals surface area contributed by atoms with Crippen molar-refractivity contribution in [2.75, 3.05) is 43.6 Å². The molecule has 0 aliphatic carbocycles. The van der Waals surface area contributed by atoms with Gasteiger partial charge in [0.1, 0.15) is 17.1 Å². The lowest BCUT2D eigenvalue weighted by atomic mass is 10.2. The van der Waals surface area contributed by atoms with Crippen molar-refractivity contribution in [2.24, 2.45) is 0 Å². The van der Waals surface area contributed by atoms with Crippen LogP contribution in [-0.2, 0) is 4.74 Å². The highest BCUT2D eigenvalue weighted by atomic mass is 16.6. The molecule has 13 heteroatoms. The summed E-state index contributed by atoms with van der Waals surface area (Å²) in [6.45, 7) is 2.05. The van der Waals surface area contributed by atoms with E-state index in [9.17, 15) is 14.9 Å². The van der Waals surface area contributed by atoms with Crippen LogP contribution in [0.1, 0.15) is 10.4 Å². The lowest BCUT2D eigenvalue weighted by Gasteiger charge is -2.29. The van der Waals surface area contributed by atoms with E-state index in [1.54, 1.807) is 24.4 Å². The van der Waals surface area contributed by atoms with E-state index in [0.717, 1.165) is 0 Å². The summed E-state index contributed by atoms with van der Waals surface area (Å²) in [7, 11) is 1.48. The zero-order valence-corrected chi connectivity index (χ0v) is 19.2. The van der Waals surface area contributed by atoms with Gasteiger partial charge in [0.2, 0.25) is 5.95 Å². The highest BCUT2D eigenvalue weighted by Crippen LogP contribution is 2.39. The van der Waals surface area contributed by atoms with Crippen molar-refractivity contribution >= 4 is 29.3 Å². The molecule has 0 bridgehead atoms. The fourth-order valence-corrected chi connectivity index (χ4v) is 3.90. The molecule has 1 N–H and O–H groups in total. The second-order valence-corrected chi connectivity index (χ2v) is 7.77. The molecule has 0 amide bonds. The van der Waals surface area contributed by atoms with Crippen molar-refractivity contribution in [3.05, 3.63) is 64.9 Å². The van der Waals surface area contributed by atoms with E-state index in [-0.39, 0.29) is 11.6 Å². The summed E-state index contributed by atoms with van der Waals surface area (Å²) >= 11 is 0. The van der Waals surface area contributed by atoms with Gasteiger partial charge >= 0.3 is 0 Å². The number of hydrogen-bond donors (Lipinski definition) is 1. The van der Waals surface area contributed by atoms with Crippen molar-refractivity contribution in [1.82, 2.24) is 19.7 Å². The Hall–Kier alpha value is -4.78. The Labute approximate surface area is 204 Å². The predicted molar refractivity (Wildman–Crippen MR) is 128 cm³/mol. The van der Waals surface area contributed by atoms with Gasteiger partial charge in [0.15, 0.2) is 12.1 Å². The summed E-state index contributed by atoms with van der Waals surface area (Å²) < 4.78 is 17.4. The van der Waals surface area contributed by atoms with Gasteiger partial charge in [-0.25, -0.2) is 9.67 Å². The minimum atomic E-state index is -0.436. The van der Waals surface area contributed by atoms with Gasteiger partial charge in [-0.2, -0.15) is 10.1 Å². The first-order chi connectivity index (χ1) is 17.6. The van der Waals surface area contributed by atoms with Crippen LogP contribution in [0.3, 0.4) is 0 Å². The van der Waals surface area contributed by atoms with Gasteiger partial charge in [0.25, 0.3) is 5.69 Å². The molecule has 0 unspecified atom stereocenters. The molecule has 4 heterocycles. The molecule has 1 aliphatic rings. The number of ether oxygens (including phenoxy) is 2. The van der Waals surface area contributed by atoms with Crippen molar-refractivity contribution in [3.8, 4) is 22.8 Å². The maximum absolute atomic E-state index is 11.9. The Bertz CT molecular complexity index is 1400. The first-order valence-corrected chi connectivity index (χ1v) is 10.9. The van der Waals surface area contributed by atoms with Gasteiger partial charge in [-0.15, -0.1) is 0 Å². The average Bonchev–Trinajstić information content (AvgIpc) is 3.59. The third-order valence-electron chi connectivity index (χ3n) is 5.63. The summed E-state index contributed by atoms with van der Waals surface area (Å²) in [4.78, 5) is 33.6. The monoisotopic (exact) mass is 491 g/mol. The van der Waals surface area contributed by atoms with Crippen molar-refractivity contribution < 1.29 is 23.6 Å². The van der Waals surface area contributed by atoms with Crippen LogP contribution >= 0.6 is 0 Å². The summed E-state index contributed by atoms with van der Waals surface area (Å²) in [5.74, 6) is 0.927. The fraction of sp³-hybridized carbons (Fsp3) is 0.217. The quantitative estimate of drug-likeness (QED) is 0.220. The van der Waals surface area contributed by atoms with Crippen LogP contribution in [0.5, 0.6) is 5.75 Å². The van der Waals surface area contributed by atoms with Crippen LogP contribution in [0.15, 0.2) is 53.6 Å². The topological polar surface area (TPSA) is 151 Å². The molecule has 1 fully saturated rings. The van der Waals surface area contributed by atoms with E-state index >= 15 is 0 Å². The molecule has 4 aromatic rings. The molecule has 184 valence electrons.